The molecule has 2 aliphatic rings. The Morgan fingerprint density at radius 1 is 1.39 bits per heavy atom. The second-order valence-corrected chi connectivity index (χ2v) is 7.20. The fourth-order valence-electron chi connectivity index (χ4n) is 3.13. The van der Waals surface area contributed by atoms with Gasteiger partial charge in [-0.15, -0.1) is 11.3 Å². The molecule has 1 unspecified atom stereocenters. The molecule has 1 saturated heterocycles. The predicted molar refractivity (Wildman–Crippen MR) is 90.2 cm³/mol. The summed E-state index contributed by atoms with van der Waals surface area (Å²) in [5.41, 5.74) is 1.84. The van der Waals surface area contributed by atoms with Crippen molar-refractivity contribution in [2.75, 3.05) is 13.1 Å². The van der Waals surface area contributed by atoms with Crippen LogP contribution < -0.4 is 5.32 Å². The normalized spacial score (nSPS) is 21.5. The highest BCUT2D eigenvalue weighted by Gasteiger charge is 2.34. The molecule has 5 nitrogen and oxygen atoms in total. The summed E-state index contributed by atoms with van der Waals surface area (Å²) in [6, 6.07) is 4.98. The van der Waals surface area contributed by atoms with Gasteiger partial charge in [0.15, 0.2) is 0 Å². The summed E-state index contributed by atoms with van der Waals surface area (Å²) in [6.45, 7) is 2.13. The Morgan fingerprint density at radius 2 is 2.30 bits per heavy atom. The summed E-state index contributed by atoms with van der Waals surface area (Å²) in [6.07, 6.45) is 7.63. The number of carbonyl (C=O) groups is 1. The van der Waals surface area contributed by atoms with Crippen molar-refractivity contribution in [2.24, 2.45) is 0 Å². The van der Waals surface area contributed by atoms with E-state index in [0.29, 0.717) is 12.5 Å². The summed E-state index contributed by atoms with van der Waals surface area (Å²) in [4.78, 5) is 23.4. The van der Waals surface area contributed by atoms with Gasteiger partial charge in [-0.05, 0) is 31.4 Å². The molecule has 1 atom stereocenters. The second kappa shape index (κ2) is 6.37. The number of hydrogen-bond acceptors (Lipinski definition) is 5. The number of likely N-dealkylation sites (tertiary alicyclic amines) is 1. The molecule has 2 aromatic rings. The number of thiazole rings is 1. The Balaban J connectivity index is 1.31. The number of carbonyl (C=O) groups excluding carboxylic acids is 1. The van der Waals surface area contributed by atoms with Gasteiger partial charge < -0.3 is 5.32 Å². The topological polar surface area (TPSA) is 58.1 Å². The third kappa shape index (κ3) is 3.59. The highest BCUT2D eigenvalue weighted by Crippen LogP contribution is 2.29. The van der Waals surface area contributed by atoms with Crippen LogP contribution >= 0.6 is 11.3 Å². The third-order valence-electron chi connectivity index (χ3n) is 4.45. The summed E-state index contributed by atoms with van der Waals surface area (Å²) in [5.74, 6) is 0.0793. The number of aromatic nitrogens is 2. The Hall–Kier alpha value is -1.79. The quantitative estimate of drug-likeness (QED) is 0.913. The Morgan fingerprint density at radius 3 is 3.09 bits per heavy atom. The van der Waals surface area contributed by atoms with Crippen LogP contribution in [0.4, 0.5) is 0 Å². The molecule has 1 aliphatic heterocycles. The van der Waals surface area contributed by atoms with Gasteiger partial charge >= 0.3 is 0 Å². The largest absolute Gasteiger partial charge is 0.352 e. The summed E-state index contributed by atoms with van der Waals surface area (Å²) >= 11 is 1.56. The van der Waals surface area contributed by atoms with E-state index >= 15 is 0 Å². The fourth-order valence-corrected chi connectivity index (χ4v) is 3.94. The first-order valence-electron chi connectivity index (χ1n) is 8.16. The monoisotopic (exact) mass is 328 g/mol. The van der Waals surface area contributed by atoms with Crippen LogP contribution in [0.25, 0.3) is 10.6 Å². The van der Waals surface area contributed by atoms with Crippen LogP contribution in [0.1, 0.15) is 25.0 Å². The Labute approximate surface area is 139 Å². The summed E-state index contributed by atoms with van der Waals surface area (Å²) in [7, 11) is 0. The van der Waals surface area contributed by atoms with Crippen LogP contribution in [0.15, 0.2) is 29.9 Å². The van der Waals surface area contributed by atoms with Crippen molar-refractivity contribution in [3.05, 3.63) is 35.6 Å². The van der Waals surface area contributed by atoms with Crippen molar-refractivity contribution < 1.29 is 4.79 Å². The van der Waals surface area contributed by atoms with Crippen molar-refractivity contribution in [1.82, 2.24) is 20.2 Å². The highest BCUT2D eigenvalue weighted by atomic mass is 32.1. The SMILES string of the molecule is O=C(Cc1csc(-c2cccnc2)n1)NC1CCN(C2CC2)C1. The molecule has 2 aromatic heterocycles. The van der Waals surface area contributed by atoms with Gasteiger partial charge in [0.25, 0.3) is 0 Å². The van der Waals surface area contributed by atoms with Crippen molar-refractivity contribution in [3.63, 3.8) is 0 Å². The molecular weight excluding hydrogens is 308 g/mol. The van der Waals surface area contributed by atoms with Crippen LogP contribution in [-0.4, -0.2) is 45.9 Å². The second-order valence-electron chi connectivity index (χ2n) is 6.34. The smallest absolute Gasteiger partial charge is 0.226 e. The molecule has 0 radical (unpaired) electrons. The molecule has 120 valence electrons. The summed E-state index contributed by atoms with van der Waals surface area (Å²) < 4.78 is 0. The first-order valence-corrected chi connectivity index (χ1v) is 9.04. The van der Waals surface area contributed by atoms with Crippen molar-refractivity contribution in [3.8, 4) is 10.6 Å². The van der Waals surface area contributed by atoms with Crippen LogP contribution in [0.5, 0.6) is 0 Å². The molecule has 2 fully saturated rings. The molecule has 3 heterocycles. The maximum atomic E-state index is 12.2. The standard InChI is InChI=1S/C17H20N4OS/c22-16(19-13-5-7-21(10-13)15-3-4-15)8-14-11-23-17(20-14)12-2-1-6-18-9-12/h1-2,6,9,11,13,15H,3-5,7-8,10H2,(H,19,22). The molecule has 0 spiro atoms. The maximum Gasteiger partial charge on any atom is 0.226 e. The zero-order valence-electron chi connectivity index (χ0n) is 12.9. The average Bonchev–Trinajstić information content (AvgIpc) is 3.14. The van der Waals surface area contributed by atoms with Gasteiger partial charge in [-0.3, -0.25) is 14.7 Å². The van der Waals surface area contributed by atoms with E-state index in [-0.39, 0.29) is 5.91 Å². The van der Waals surface area contributed by atoms with E-state index in [0.717, 1.165) is 41.8 Å². The van der Waals surface area contributed by atoms with Gasteiger partial charge in [0, 0.05) is 48.5 Å². The molecule has 0 aromatic carbocycles. The molecule has 0 bridgehead atoms. The van der Waals surface area contributed by atoms with Crippen molar-refractivity contribution in [1.29, 1.82) is 0 Å². The van der Waals surface area contributed by atoms with Gasteiger partial charge in [-0.1, -0.05) is 0 Å². The van der Waals surface area contributed by atoms with Gasteiger partial charge in [0.1, 0.15) is 5.01 Å². The fraction of sp³-hybridized carbons (Fsp3) is 0.471. The van der Waals surface area contributed by atoms with Crippen molar-refractivity contribution in [2.45, 2.75) is 37.8 Å². The molecule has 6 heteroatoms. The predicted octanol–water partition coefficient (Wildman–Crippen LogP) is 2.10. The minimum Gasteiger partial charge on any atom is -0.352 e. The molecule has 4 rings (SSSR count). The van der Waals surface area contributed by atoms with E-state index in [1.54, 1.807) is 23.7 Å². The van der Waals surface area contributed by atoms with Gasteiger partial charge in [-0.2, -0.15) is 0 Å². The summed E-state index contributed by atoms with van der Waals surface area (Å²) in [5, 5.41) is 6.04. The van der Waals surface area contributed by atoms with Gasteiger partial charge in [0.2, 0.25) is 5.91 Å². The third-order valence-corrected chi connectivity index (χ3v) is 5.39. The lowest BCUT2D eigenvalue weighted by atomic mass is 10.2. The lowest BCUT2D eigenvalue weighted by molar-refractivity contribution is -0.121. The molecule has 1 aliphatic carbocycles. The molecular formula is C17H20N4OS. The minimum atomic E-state index is 0.0793. The Kier molecular flexibility index (Phi) is 4.10. The number of rotatable bonds is 5. The number of hydrogen-bond donors (Lipinski definition) is 1. The van der Waals surface area contributed by atoms with E-state index in [9.17, 15) is 4.79 Å². The average molecular weight is 328 g/mol. The van der Waals surface area contributed by atoms with Crippen LogP contribution in [0.2, 0.25) is 0 Å². The zero-order chi connectivity index (χ0) is 15.6. The maximum absolute atomic E-state index is 12.2. The highest BCUT2D eigenvalue weighted by molar-refractivity contribution is 7.13. The Bertz CT molecular complexity index is 683. The number of nitrogens with one attached hydrogen (secondary N) is 1. The lowest BCUT2D eigenvalue weighted by Gasteiger charge is -2.15. The first kappa shape index (κ1) is 14.8. The first-order chi connectivity index (χ1) is 11.3. The van der Waals surface area contributed by atoms with E-state index in [1.807, 2.05) is 17.5 Å². The van der Waals surface area contributed by atoms with Crippen LogP contribution in [-0.2, 0) is 11.2 Å². The van der Waals surface area contributed by atoms with E-state index in [2.05, 4.69) is 20.2 Å². The minimum absolute atomic E-state index is 0.0793. The number of amides is 1. The van der Waals surface area contributed by atoms with Crippen molar-refractivity contribution >= 4 is 17.2 Å². The molecule has 1 amide bonds. The van der Waals surface area contributed by atoms with Crippen LogP contribution in [0.3, 0.4) is 0 Å². The van der Waals surface area contributed by atoms with E-state index < -0.39 is 0 Å². The number of nitrogens with zero attached hydrogens (tertiary/aromatic N) is 3. The molecule has 1 saturated carbocycles. The van der Waals surface area contributed by atoms with E-state index in [4.69, 9.17) is 0 Å². The van der Waals surface area contributed by atoms with Crippen LogP contribution in [0, 0.1) is 0 Å². The van der Waals surface area contributed by atoms with E-state index in [1.165, 1.54) is 12.8 Å². The zero-order valence-corrected chi connectivity index (χ0v) is 13.8. The van der Waals surface area contributed by atoms with Gasteiger partial charge in [0.05, 0.1) is 12.1 Å². The molecule has 1 N–H and O–H groups in total. The lowest BCUT2D eigenvalue weighted by Crippen LogP contribution is -2.38. The molecule has 23 heavy (non-hydrogen) atoms. The van der Waals surface area contributed by atoms with Gasteiger partial charge in [-0.25, -0.2) is 4.98 Å². The number of pyridine rings is 1.